The number of hydrogen-bond donors (Lipinski definition) is 1. The van der Waals surface area contributed by atoms with E-state index in [-0.39, 0.29) is 18.0 Å². The van der Waals surface area contributed by atoms with Crippen LogP contribution in [0.4, 0.5) is 17.6 Å². The number of rotatable bonds is 5. The molecular formula is C17H17F4N. The molecule has 118 valence electrons. The van der Waals surface area contributed by atoms with E-state index in [0.717, 1.165) is 11.6 Å². The molecule has 0 saturated heterocycles. The summed E-state index contributed by atoms with van der Waals surface area (Å²) in [6.07, 6.45) is -4.67. The molecule has 0 fully saturated rings. The SMILES string of the molecule is C[C@H](CNCc1cccc(C(F)(F)F)c1F)c1ccccc1. The van der Waals surface area contributed by atoms with Crippen molar-refractivity contribution in [1.29, 1.82) is 0 Å². The van der Waals surface area contributed by atoms with Crippen LogP contribution < -0.4 is 5.32 Å². The Labute approximate surface area is 127 Å². The highest BCUT2D eigenvalue weighted by atomic mass is 19.4. The summed E-state index contributed by atoms with van der Waals surface area (Å²) < 4.78 is 51.8. The van der Waals surface area contributed by atoms with Crippen LogP contribution in [-0.2, 0) is 12.7 Å². The second-order valence-corrected chi connectivity index (χ2v) is 5.22. The van der Waals surface area contributed by atoms with Crippen molar-refractivity contribution < 1.29 is 17.6 Å². The first-order valence-corrected chi connectivity index (χ1v) is 7.00. The third-order valence-electron chi connectivity index (χ3n) is 3.52. The van der Waals surface area contributed by atoms with Crippen LogP contribution in [0, 0.1) is 5.82 Å². The van der Waals surface area contributed by atoms with Gasteiger partial charge < -0.3 is 5.32 Å². The maximum atomic E-state index is 13.9. The van der Waals surface area contributed by atoms with Crippen LogP contribution in [0.1, 0.15) is 29.5 Å². The van der Waals surface area contributed by atoms with Crippen molar-refractivity contribution in [2.75, 3.05) is 6.54 Å². The first-order valence-electron chi connectivity index (χ1n) is 7.00. The highest BCUT2D eigenvalue weighted by Crippen LogP contribution is 2.32. The van der Waals surface area contributed by atoms with Gasteiger partial charge in [0.15, 0.2) is 0 Å². The molecule has 0 unspecified atom stereocenters. The molecule has 1 nitrogen and oxygen atoms in total. The summed E-state index contributed by atoms with van der Waals surface area (Å²) in [5.74, 6) is -1.01. The van der Waals surface area contributed by atoms with Gasteiger partial charge in [-0.2, -0.15) is 13.2 Å². The van der Waals surface area contributed by atoms with E-state index in [1.165, 1.54) is 12.1 Å². The molecule has 0 radical (unpaired) electrons. The summed E-state index contributed by atoms with van der Waals surface area (Å²) in [6, 6.07) is 13.1. The number of halogens is 4. The van der Waals surface area contributed by atoms with Crippen molar-refractivity contribution in [2.24, 2.45) is 0 Å². The van der Waals surface area contributed by atoms with Gasteiger partial charge in [0, 0.05) is 18.7 Å². The fraction of sp³-hybridized carbons (Fsp3) is 0.294. The van der Waals surface area contributed by atoms with E-state index >= 15 is 0 Å². The lowest BCUT2D eigenvalue weighted by atomic mass is 10.0. The molecule has 0 aromatic heterocycles. The summed E-state index contributed by atoms with van der Waals surface area (Å²) in [4.78, 5) is 0. The van der Waals surface area contributed by atoms with Gasteiger partial charge in [-0.05, 0) is 17.5 Å². The first kappa shape index (κ1) is 16.5. The summed E-state index contributed by atoms with van der Waals surface area (Å²) in [7, 11) is 0. The second-order valence-electron chi connectivity index (χ2n) is 5.22. The molecule has 2 aromatic rings. The van der Waals surface area contributed by atoms with Gasteiger partial charge in [-0.1, -0.05) is 49.4 Å². The molecule has 1 atom stereocenters. The maximum absolute atomic E-state index is 13.9. The van der Waals surface area contributed by atoms with E-state index in [1.54, 1.807) is 0 Å². The molecule has 2 aromatic carbocycles. The number of benzene rings is 2. The minimum Gasteiger partial charge on any atom is -0.312 e. The van der Waals surface area contributed by atoms with Crippen molar-refractivity contribution in [3.8, 4) is 0 Å². The number of hydrogen-bond acceptors (Lipinski definition) is 1. The van der Waals surface area contributed by atoms with Crippen LogP contribution in [0.25, 0.3) is 0 Å². The van der Waals surface area contributed by atoms with Crippen LogP contribution in [-0.4, -0.2) is 6.54 Å². The van der Waals surface area contributed by atoms with Crippen LogP contribution >= 0.6 is 0 Å². The average molecular weight is 311 g/mol. The smallest absolute Gasteiger partial charge is 0.312 e. The fourth-order valence-electron chi connectivity index (χ4n) is 2.26. The normalized spacial score (nSPS) is 13.1. The minimum atomic E-state index is -4.67. The van der Waals surface area contributed by atoms with Gasteiger partial charge >= 0.3 is 6.18 Å². The molecule has 1 N–H and O–H groups in total. The number of nitrogens with one attached hydrogen (secondary N) is 1. The maximum Gasteiger partial charge on any atom is 0.419 e. The Hall–Kier alpha value is -1.88. The van der Waals surface area contributed by atoms with Crippen LogP contribution in [0.15, 0.2) is 48.5 Å². The molecular weight excluding hydrogens is 294 g/mol. The molecule has 22 heavy (non-hydrogen) atoms. The Bertz CT molecular complexity index is 608. The third-order valence-corrected chi connectivity index (χ3v) is 3.52. The molecule has 0 aliphatic heterocycles. The fourth-order valence-corrected chi connectivity index (χ4v) is 2.26. The summed E-state index contributed by atoms with van der Waals surface area (Å²) >= 11 is 0. The van der Waals surface area contributed by atoms with Gasteiger partial charge in [0.25, 0.3) is 0 Å². The lowest BCUT2D eigenvalue weighted by Gasteiger charge is -2.15. The zero-order valence-corrected chi connectivity index (χ0v) is 12.1. The predicted molar refractivity (Wildman–Crippen MR) is 78.0 cm³/mol. The molecule has 0 heterocycles. The van der Waals surface area contributed by atoms with Crippen molar-refractivity contribution in [2.45, 2.75) is 25.6 Å². The Kier molecular flexibility index (Phi) is 5.19. The van der Waals surface area contributed by atoms with Crippen LogP contribution in [0.2, 0.25) is 0 Å². The van der Waals surface area contributed by atoms with E-state index in [4.69, 9.17) is 0 Å². The van der Waals surface area contributed by atoms with E-state index in [0.29, 0.717) is 6.54 Å². The topological polar surface area (TPSA) is 12.0 Å². The minimum absolute atomic E-state index is 0.0232. The Morgan fingerprint density at radius 3 is 2.32 bits per heavy atom. The average Bonchev–Trinajstić information content (AvgIpc) is 2.48. The van der Waals surface area contributed by atoms with Crippen molar-refractivity contribution in [1.82, 2.24) is 5.32 Å². The molecule has 0 amide bonds. The Morgan fingerprint density at radius 2 is 1.68 bits per heavy atom. The molecule has 0 spiro atoms. The highest BCUT2D eigenvalue weighted by Gasteiger charge is 2.34. The second kappa shape index (κ2) is 6.92. The summed E-state index contributed by atoms with van der Waals surface area (Å²) in [6.45, 7) is 2.62. The Morgan fingerprint density at radius 1 is 1.00 bits per heavy atom. The molecule has 2 rings (SSSR count). The van der Waals surface area contributed by atoms with Crippen LogP contribution in [0.3, 0.4) is 0 Å². The van der Waals surface area contributed by atoms with Crippen molar-refractivity contribution >= 4 is 0 Å². The van der Waals surface area contributed by atoms with Gasteiger partial charge in [-0.15, -0.1) is 0 Å². The lowest BCUT2D eigenvalue weighted by molar-refractivity contribution is -0.140. The van der Waals surface area contributed by atoms with Gasteiger partial charge in [0.1, 0.15) is 5.82 Å². The zero-order valence-electron chi connectivity index (χ0n) is 12.1. The molecule has 0 saturated carbocycles. The largest absolute Gasteiger partial charge is 0.419 e. The first-order chi connectivity index (χ1) is 10.4. The van der Waals surface area contributed by atoms with Gasteiger partial charge in [0.05, 0.1) is 5.56 Å². The van der Waals surface area contributed by atoms with Crippen LogP contribution in [0.5, 0.6) is 0 Å². The monoisotopic (exact) mass is 311 g/mol. The van der Waals surface area contributed by atoms with Crippen molar-refractivity contribution in [3.63, 3.8) is 0 Å². The molecule has 0 aliphatic rings. The standard InChI is InChI=1S/C17H17F4N/c1-12(13-6-3-2-4-7-13)10-22-11-14-8-5-9-15(16(14)18)17(19,20)21/h2-9,12,22H,10-11H2,1H3/t12-/m1/s1. The van der Waals surface area contributed by atoms with Gasteiger partial charge in [0.2, 0.25) is 0 Å². The van der Waals surface area contributed by atoms with E-state index in [9.17, 15) is 17.6 Å². The Balaban J connectivity index is 1.98. The summed E-state index contributed by atoms with van der Waals surface area (Å²) in [5, 5.41) is 3.01. The van der Waals surface area contributed by atoms with Gasteiger partial charge in [-0.25, -0.2) is 4.39 Å². The molecule has 5 heteroatoms. The van der Waals surface area contributed by atoms with E-state index in [1.807, 2.05) is 37.3 Å². The van der Waals surface area contributed by atoms with E-state index < -0.39 is 17.6 Å². The van der Waals surface area contributed by atoms with Gasteiger partial charge in [-0.3, -0.25) is 0 Å². The molecule has 0 aliphatic carbocycles. The van der Waals surface area contributed by atoms with E-state index in [2.05, 4.69) is 5.32 Å². The zero-order chi connectivity index (χ0) is 16.2. The highest BCUT2D eigenvalue weighted by molar-refractivity contribution is 5.28. The lowest BCUT2D eigenvalue weighted by Crippen LogP contribution is -2.21. The molecule has 0 bridgehead atoms. The van der Waals surface area contributed by atoms with Crippen molar-refractivity contribution in [3.05, 3.63) is 71.0 Å². The summed E-state index contributed by atoms with van der Waals surface area (Å²) in [5.41, 5.74) is -0.0718. The third kappa shape index (κ3) is 4.07. The predicted octanol–water partition coefficient (Wildman–Crippen LogP) is 4.74. The quantitative estimate of drug-likeness (QED) is 0.787. The number of alkyl halides is 3.